The number of benzene rings is 1. The van der Waals surface area contributed by atoms with Crippen molar-refractivity contribution in [2.45, 2.75) is 12.5 Å². The quantitative estimate of drug-likeness (QED) is 0.498. The van der Waals surface area contributed by atoms with Gasteiger partial charge in [0.2, 0.25) is 0 Å². The number of ether oxygens (including phenoxy) is 1. The van der Waals surface area contributed by atoms with Gasteiger partial charge in [-0.1, -0.05) is 30.3 Å². The van der Waals surface area contributed by atoms with E-state index in [4.69, 9.17) is 4.74 Å². The summed E-state index contributed by atoms with van der Waals surface area (Å²) >= 11 is 0. The molecule has 1 amide bonds. The minimum Gasteiger partial charge on any atom is -0.859 e. The molecule has 1 aromatic rings. The summed E-state index contributed by atoms with van der Waals surface area (Å²) < 4.78 is 4.89. The van der Waals surface area contributed by atoms with Gasteiger partial charge in [0.05, 0.1) is 0 Å². The summed E-state index contributed by atoms with van der Waals surface area (Å²) in [5, 5.41) is 11.4. The molecule has 1 heterocycles. The van der Waals surface area contributed by atoms with Crippen LogP contribution in [-0.4, -0.2) is 12.0 Å². The summed E-state index contributed by atoms with van der Waals surface area (Å²) in [5.74, 6) is -0.547. The number of hydrogen-bond donors (Lipinski definition) is 0. The van der Waals surface area contributed by atoms with Crippen LogP contribution in [0.15, 0.2) is 35.3 Å². The topological polar surface area (TPSA) is 61.7 Å². The van der Waals surface area contributed by atoms with Crippen molar-refractivity contribution in [1.29, 1.82) is 0 Å². The first-order valence-corrected chi connectivity index (χ1v) is 4.17. The zero-order chi connectivity index (χ0) is 10.2. The summed E-state index contributed by atoms with van der Waals surface area (Å²) in [6, 6.07) is 8.84. The van der Waals surface area contributed by atoms with Gasteiger partial charge in [0.15, 0.2) is 5.60 Å². The van der Waals surface area contributed by atoms with Gasteiger partial charge in [-0.2, -0.15) is 4.99 Å². The fraction of sp³-hybridized carbons (Fsp3) is 0.200. The summed E-state index contributed by atoms with van der Waals surface area (Å²) in [7, 11) is 0. The van der Waals surface area contributed by atoms with Crippen LogP contribution in [0.3, 0.4) is 0 Å². The molecule has 0 N–H and O–H groups in total. The van der Waals surface area contributed by atoms with Crippen molar-refractivity contribution in [1.82, 2.24) is 0 Å². The van der Waals surface area contributed by atoms with Crippen LogP contribution in [0.2, 0.25) is 0 Å². The smallest absolute Gasteiger partial charge is 0.859 e. The fourth-order valence-electron chi connectivity index (χ4n) is 1.37. The largest absolute Gasteiger partial charge is 1.00 e. The van der Waals surface area contributed by atoms with Crippen LogP contribution in [-0.2, 0) is 10.3 Å². The van der Waals surface area contributed by atoms with Crippen molar-refractivity contribution in [3.05, 3.63) is 35.9 Å². The second-order valence-electron chi connectivity index (χ2n) is 3.18. The first-order valence-electron chi connectivity index (χ1n) is 4.17. The van der Waals surface area contributed by atoms with E-state index >= 15 is 0 Å². The average molecular weight is 213 g/mol. The van der Waals surface area contributed by atoms with E-state index in [2.05, 4.69) is 4.99 Å². The third-order valence-corrected chi connectivity index (χ3v) is 2.22. The Kier molecular flexibility index (Phi) is 3.54. The third kappa shape index (κ3) is 2.07. The Balaban J connectivity index is 0.00000112. The minimum absolute atomic E-state index is 0. The second-order valence-corrected chi connectivity index (χ2v) is 3.18. The third-order valence-electron chi connectivity index (χ3n) is 2.22. The molecule has 0 fully saturated rings. The Morgan fingerprint density at radius 1 is 1.33 bits per heavy atom. The Hall–Kier alpha value is -0.840. The fourth-order valence-corrected chi connectivity index (χ4v) is 1.37. The number of nitrogens with zero attached hydrogens (tertiary/aromatic N) is 1. The summed E-state index contributed by atoms with van der Waals surface area (Å²) in [6.07, 6.45) is -0.818. The molecule has 2 rings (SSSR count). The predicted molar refractivity (Wildman–Crippen MR) is 47.7 cm³/mol. The van der Waals surface area contributed by atoms with E-state index in [1.165, 1.54) is 0 Å². The average Bonchev–Trinajstić information content (AvgIpc) is 2.43. The summed E-state index contributed by atoms with van der Waals surface area (Å²) in [5.41, 5.74) is -0.599. The number of carbonyl (C=O) groups excluding carboxylic acids is 1. The van der Waals surface area contributed by atoms with Gasteiger partial charge in [-0.05, 0) is 6.92 Å². The molecule has 1 aliphatic heterocycles. The molecule has 1 unspecified atom stereocenters. The van der Waals surface area contributed by atoms with Crippen LogP contribution in [0.4, 0.5) is 4.79 Å². The molecule has 0 bridgehead atoms. The van der Waals surface area contributed by atoms with Gasteiger partial charge in [0.25, 0.3) is 0 Å². The van der Waals surface area contributed by atoms with Crippen molar-refractivity contribution in [2.24, 2.45) is 4.99 Å². The molecule has 15 heavy (non-hydrogen) atoms. The van der Waals surface area contributed by atoms with Crippen molar-refractivity contribution >= 4 is 12.0 Å². The minimum atomic E-state index is -1.24. The summed E-state index contributed by atoms with van der Waals surface area (Å²) in [4.78, 5) is 14.1. The van der Waals surface area contributed by atoms with Gasteiger partial charge >= 0.3 is 35.7 Å². The molecule has 0 saturated carbocycles. The Morgan fingerprint density at radius 3 is 2.40 bits per heavy atom. The maximum atomic E-state index is 11.4. The number of hydrogen-bond acceptors (Lipinski definition) is 3. The number of carbonyl (C=O) groups is 1. The van der Waals surface area contributed by atoms with Gasteiger partial charge in [0, 0.05) is 11.5 Å². The van der Waals surface area contributed by atoms with E-state index < -0.39 is 17.6 Å². The van der Waals surface area contributed by atoms with Gasteiger partial charge in [-0.15, -0.1) is 0 Å². The Bertz CT molecular complexity index is 404. The van der Waals surface area contributed by atoms with E-state index in [1.54, 1.807) is 31.2 Å². The van der Waals surface area contributed by atoms with Crippen molar-refractivity contribution < 1.29 is 44.2 Å². The second kappa shape index (κ2) is 4.35. The van der Waals surface area contributed by atoms with Crippen LogP contribution in [0.25, 0.3) is 0 Å². The molecule has 4 nitrogen and oxygen atoms in total. The first kappa shape index (κ1) is 12.2. The van der Waals surface area contributed by atoms with Gasteiger partial charge < -0.3 is 9.84 Å². The Labute approximate surface area is 109 Å². The van der Waals surface area contributed by atoms with E-state index in [0.29, 0.717) is 5.56 Å². The van der Waals surface area contributed by atoms with Gasteiger partial charge in [0.1, 0.15) is 0 Å². The molecule has 0 radical (unpaired) electrons. The van der Waals surface area contributed by atoms with Gasteiger partial charge in [-0.3, -0.25) is 0 Å². The molecule has 1 aromatic carbocycles. The van der Waals surface area contributed by atoms with Crippen LogP contribution >= 0.6 is 0 Å². The van der Waals surface area contributed by atoms with Crippen LogP contribution < -0.4 is 34.7 Å². The molecule has 72 valence electrons. The molecule has 1 atom stereocenters. The number of cyclic esters (lactones) is 1. The molecular formula is C10H8NNaO3. The first-order chi connectivity index (χ1) is 6.63. The van der Waals surface area contributed by atoms with E-state index in [1.807, 2.05) is 6.07 Å². The molecule has 5 heteroatoms. The normalized spacial score (nSPS) is 24.1. The SMILES string of the molecule is CC1(c2ccccc2)OC(=O)N=C1[O-].[Na+]. The predicted octanol–water partition coefficient (Wildman–Crippen LogP) is -2.19. The molecule has 0 saturated heterocycles. The molecular weight excluding hydrogens is 205 g/mol. The van der Waals surface area contributed by atoms with Crippen molar-refractivity contribution in [3.8, 4) is 0 Å². The molecule has 0 spiro atoms. The van der Waals surface area contributed by atoms with E-state index in [9.17, 15) is 9.90 Å². The number of rotatable bonds is 1. The monoisotopic (exact) mass is 213 g/mol. The zero-order valence-corrected chi connectivity index (χ0v) is 10.6. The van der Waals surface area contributed by atoms with Crippen molar-refractivity contribution in [3.63, 3.8) is 0 Å². The maximum absolute atomic E-state index is 11.4. The van der Waals surface area contributed by atoms with Crippen LogP contribution in [0.1, 0.15) is 12.5 Å². The maximum Gasteiger partial charge on any atom is 1.00 e. The Morgan fingerprint density at radius 2 is 1.93 bits per heavy atom. The van der Waals surface area contributed by atoms with Crippen LogP contribution in [0.5, 0.6) is 0 Å². The standard InChI is InChI=1S/C10H9NO3.Na/c1-10(7-5-3-2-4-6-7)8(12)11-9(13)14-10;/h2-6H,1H3,(H,11,12,13);/q;+1/p-1. The number of aliphatic imine (C=N–C) groups is 1. The van der Waals surface area contributed by atoms with Crippen LogP contribution in [0, 0.1) is 0 Å². The van der Waals surface area contributed by atoms with Gasteiger partial charge in [-0.25, -0.2) is 4.79 Å². The molecule has 0 aromatic heterocycles. The summed E-state index contributed by atoms with van der Waals surface area (Å²) in [6.45, 7) is 1.54. The molecule has 1 aliphatic rings. The van der Waals surface area contributed by atoms with E-state index in [0.717, 1.165) is 0 Å². The number of amides is 1. The van der Waals surface area contributed by atoms with E-state index in [-0.39, 0.29) is 29.6 Å². The molecule has 0 aliphatic carbocycles. The van der Waals surface area contributed by atoms with Crippen molar-refractivity contribution in [2.75, 3.05) is 0 Å². The zero-order valence-electron chi connectivity index (χ0n) is 8.56.